The van der Waals surface area contributed by atoms with Crippen molar-refractivity contribution >= 4 is 11.8 Å². The molecule has 21 heavy (non-hydrogen) atoms. The summed E-state index contributed by atoms with van der Waals surface area (Å²) in [5.41, 5.74) is 6.24. The van der Waals surface area contributed by atoms with Crippen LogP contribution in [0.15, 0.2) is 6.33 Å². The van der Waals surface area contributed by atoms with E-state index < -0.39 is 5.97 Å². The van der Waals surface area contributed by atoms with E-state index >= 15 is 0 Å². The Balaban J connectivity index is 2.08. The van der Waals surface area contributed by atoms with Crippen LogP contribution in [0, 0.1) is 0 Å². The van der Waals surface area contributed by atoms with Crippen LogP contribution in [-0.2, 0) is 24.1 Å². The molecule has 8 heteroatoms. The number of rotatable bonds is 7. The van der Waals surface area contributed by atoms with Gasteiger partial charge in [0.05, 0.1) is 6.61 Å². The molecule has 0 bridgehead atoms. The Morgan fingerprint density at radius 3 is 2.90 bits per heavy atom. The number of esters is 1. The van der Waals surface area contributed by atoms with Gasteiger partial charge in [0.15, 0.2) is 5.69 Å². The fourth-order valence-electron chi connectivity index (χ4n) is 2.14. The van der Waals surface area contributed by atoms with E-state index in [1.54, 1.807) is 6.92 Å². The number of carbonyl (C=O) groups is 1. The minimum absolute atomic E-state index is 0.202. The first-order valence-electron chi connectivity index (χ1n) is 7.03. The molecule has 0 saturated heterocycles. The van der Waals surface area contributed by atoms with Crippen LogP contribution >= 0.6 is 0 Å². The van der Waals surface area contributed by atoms with Crippen LogP contribution in [0.3, 0.4) is 0 Å². The van der Waals surface area contributed by atoms with E-state index in [9.17, 15) is 4.79 Å². The summed E-state index contributed by atoms with van der Waals surface area (Å²) in [5, 5.41) is 6.62. The molecule has 0 saturated carbocycles. The number of aromatic nitrogens is 5. The fraction of sp³-hybridized carbons (Fsp3) is 0.538. The van der Waals surface area contributed by atoms with Crippen molar-refractivity contribution in [3.05, 3.63) is 23.7 Å². The molecule has 0 aliphatic heterocycles. The number of hydrogen-bond donors (Lipinski definition) is 2. The number of aryl methyl sites for hydroxylation is 2. The first-order chi connectivity index (χ1) is 10.2. The van der Waals surface area contributed by atoms with Gasteiger partial charge in [0.25, 0.3) is 0 Å². The van der Waals surface area contributed by atoms with Crippen LogP contribution < -0.4 is 5.73 Å². The third kappa shape index (κ3) is 3.39. The molecule has 0 aromatic carbocycles. The Bertz CT molecular complexity index is 590. The largest absolute Gasteiger partial charge is 0.461 e. The molecule has 2 aromatic rings. The van der Waals surface area contributed by atoms with Gasteiger partial charge in [-0.3, -0.25) is 5.10 Å². The molecule has 2 aromatic heterocycles. The molecule has 0 aliphatic rings. The normalized spacial score (nSPS) is 10.8. The summed E-state index contributed by atoms with van der Waals surface area (Å²) in [4.78, 5) is 20.2. The molecule has 0 atom stereocenters. The molecule has 0 unspecified atom stereocenters. The lowest BCUT2D eigenvalue weighted by molar-refractivity contribution is 0.0521. The number of nitrogen functional groups attached to an aromatic ring is 1. The molecule has 0 amide bonds. The maximum Gasteiger partial charge on any atom is 0.360 e. The van der Waals surface area contributed by atoms with Gasteiger partial charge in [-0.15, -0.1) is 0 Å². The van der Waals surface area contributed by atoms with Crippen molar-refractivity contribution < 1.29 is 9.53 Å². The smallest absolute Gasteiger partial charge is 0.360 e. The zero-order valence-electron chi connectivity index (χ0n) is 12.3. The van der Waals surface area contributed by atoms with E-state index in [0.29, 0.717) is 25.4 Å². The topological polar surface area (TPSA) is 112 Å². The third-order valence-electron chi connectivity index (χ3n) is 3.13. The molecule has 114 valence electrons. The number of nitrogens with two attached hydrogens (primary N) is 1. The summed E-state index contributed by atoms with van der Waals surface area (Å²) < 4.78 is 6.83. The molecule has 0 radical (unpaired) electrons. The van der Waals surface area contributed by atoms with Gasteiger partial charge in [-0.25, -0.2) is 14.8 Å². The monoisotopic (exact) mass is 292 g/mol. The lowest BCUT2D eigenvalue weighted by Crippen LogP contribution is -2.11. The van der Waals surface area contributed by atoms with Crippen molar-refractivity contribution in [3.63, 3.8) is 0 Å². The van der Waals surface area contributed by atoms with Crippen LogP contribution in [0.5, 0.6) is 0 Å². The summed E-state index contributed by atoms with van der Waals surface area (Å²) in [6.07, 6.45) is 3.77. The average Bonchev–Trinajstić information content (AvgIpc) is 3.08. The van der Waals surface area contributed by atoms with E-state index in [4.69, 9.17) is 10.5 Å². The van der Waals surface area contributed by atoms with Crippen molar-refractivity contribution in [1.29, 1.82) is 0 Å². The number of nitrogens with zero attached hydrogens (tertiary/aromatic N) is 4. The summed E-state index contributed by atoms with van der Waals surface area (Å²) in [6, 6.07) is 0. The van der Waals surface area contributed by atoms with Crippen molar-refractivity contribution in [2.75, 3.05) is 12.3 Å². The van der Waals surface area contributed by atoms with Gasteiger partial charge in [-0.2, -0.15) is 5.10 Å². The Kier molecular flexibility index (Phi) is 4.91. The van der Waals surface area contributed by atoms with Crippen molar-refractivity contribution in [1.82, 2.24) is 24.7 Å². The maximum atomic E-state index is 11.8. The van der Waals surface area contributed by atoms with Crippen LogP contribution in [0.2, 0.25) is 0 Å². The zero-order chi connectivity index (χ0) is 15.2. The molecule has 2 heterocycles. The van der Waals surface area contributed by atoms with E-state index in [0.717, 1.165) is 24.5 Å². The minimum Gasteiger partial charge on any atom is -0.461 e. The number of aromatic amines is 1. The lowest BCUT2D eigenvalue weighted by Gasteiger charge is -2.08. The highest BCUT2D eigenvalue weighted by Gasteiger charge is 2.20. The number of hydrogen-bond acceptors (Lipinski definition) is 6. The molecule has 0 fully saturated rings. The molecule has 0 spiro atoms. The summed E-state index contributed by atoms with van der Waals surface area (Å²) in [7, 11) is 0. The Hall–Kier alpha value is -2.38. The minimum atomic E-state index is -0.473. The highest BCUT2D eigenvalue weighted by atomic mass is 16.5. The van der Waals surface area contributed by atoms with E-state index in [1.165, 1.54) is 6.33 Å². The van der Waals surface area contributed by atoms with Gasteiger partial charge in [0, 0.05) is 19.4 Å². The quantitative estimate of drug-likeness (QED) is 0.735. The second kappa shape index (κ2) is 6.87. The molecule has 8 nitrogen and oxygen atoms in total. The van der Waals surface area contributed by atoms with E-state index in [-0.39, 0.29) is 5.69 Å². The average molecular weight is 292 g/mol. The summed E-state index contributed by atoms with van der Waals surface area (Å²) in [6.45, 7) is 4.70. The van der Waals surface area contributed by atoms with Crippen LogP contribution in [0.1, 0.15) is 42.4 Å². The second-order valence-corrected chi connectivity index (χ2v) is 4.52. The van der Waals surface area contributed by atoms with Crippen molar-refractivity contribution in [2.24, 2.45) is 0 Å². The van der Waals surface area contributed by atoms with Gasteiger partial charge in [0.2, 0.25) is 0 Å². The van der Waals surface area contributed by atoms with Gasteiger partial charge < -0.3 is 15.0 Å². The summed E-state index contributed by atoms with van der Waals surface area (Å²) in [5.74, 6) is 1.51. The Morgan fingerprint density at radius 1 is 1.48 bits per heavy atom. The van der Waals surface area contributed by atoms with Gasteiger partial charge in [-0.05, 0) is 13.3 Å². The zero-order valence-corrected chi connectivity index (χ0v) is 12.3. The second-order valence-electron chi connectivity index (χ2n) is 4.52. The SMILES string of the molecule is CCOC(=O)c1nc(CC)n(CCCc2ncn[nH]2)c1N. The summed E-state index contributed by atoms with van der Waals surface area (Å²) >= 11 is 0. The predicted octanol–water partition coefficient (Wildman–Crippen LogP) is 0.955. The molecule has 3 N–H and O–H groups in total. The van der Waals surface area contributed by atoms with Crippen LogP contribution in [0.4, 0.5) is 5.82 Å². The van der Waals surface area contributed by atoms with Crippen molar-refractivity contribution in [3.8, 4) is 0 Å². The molecule has 2 rings (SSSR count). The first kappa shape index (κ1) is 15.0. The number of H-pyrrole nitrogens is 1. The number of anilines is 1. The molecular formula is C13H20N6O2. The van der Waals surface area contributed by atoms with Crippen molar-refractivity contribution in [2.45, 2.75) is 39.7 Å². The molecule has 0 aliphatic carbocycles. The highest BCUT2D eigenvalue weighted by molar-refractivity contribution is 5.92. The van der Waals surface area contributed by atoms with E-state index in [2.05, 4.69) is 20.2 Å². The number of ether oxygens (including phenoxy) is 1. The van der Waals surface area contributed by atoms with Crippen LogP contribution in [-0.4, -0.2) is 37.3 Å². The van der Waals surface area contributed by atoms with Gasteiger partial charge in [-0.1, -0.05) is 6.92 Å². The van der Waals surface area contributed by atoms with Gasteiger partial charge >= 0.3 is 5.97 Å². The maximum absolute atomic E-state index is 11.8. The third-order valence-corrected chi connectivity index (χ3v) is 3.13. The van der Waals surface area contributed by atoms with Gasteiger partial charge in [0.1, 0.15) is 23.8 Å². The predicted molar refractivity (Wildman–Crippen MR) is 76.7 cm³/mol. The van der Waals surface area contributed by atoms with E-state index in [1.807, 2.05) is 11.5 Å². The standard InChI is InChI=1S/C13H20N6O2/c1-3-10-17-11(13(20)21-4-2)12(14)19(10)7-5-6-9-15-8-16-18-9/h8H,3-7,14H2,1-2H3,(H,15,16,18). The Morgan fingerprint density at radius 2 is 2.29 bits per heavy atom. The molecular weight excluding hydrogens is 272 g/mol. The number of nitrogens with one attached hydrogen (secondary N) is 1. The number of carbonyl (C=O) groups excluding carboxylic acids is 1. The first-order valence-corrected chi connectivity index (χ1v) is 7.03. The highest BCUT2D eigenvalue weighted by Crippen LogP contribution is 2.17. The Labute approximate surface area is 122 Å². The number of imidazole rings is 1. The fourth-order valence-corrected chi connectivity index (χ4v) is 2.14. The van der Waals surface area contributed by atoms with Crippen LogP contribution in [0.25, 0.3) is 0 Å². The lowest BCUT2D eigenvalue weighted by atomic mass is 10.3.